The van der Waals surface area contributed by atoms with Gasteiger partial charge in [0.2, 0.25) is 9.84 Å². The molecule has 1 fully saturated rings. The number of nitrogens with two attached hydrogens (primary N) is 1. The second-order valence-electron chi connectivity index (χ2n) is 6.69. The molecule has 1 atom stereocenters. The summed E-state index contributed by atoms with van der Waals surface area (Å²) >= 11 is 0. The molecule has 3 aromatic rings. The quantitative estimate of drug-likeness (QED) is 0.653. The van der Waals surface area contributed by atoms with Crippen molar-refractivity contribution < 1.29 is 22.3 Å². The Morgan fingerprint density at radius 2 is 2.10 bits per heavy atom. The van der Waals surface area contributed by atoms with Crippen molar-refractivity contribution in [2.75, 3.05) is 37.4 Å². The molecule has 11 heteroatoms. The lowest BCUT2D eigenvalue weighted by atomic mass is 10.3. The molecular weight excluding hydrogens is 401 g/mol. The van der Waals surface area contributed by atoms with Gasteiger partial charge in [-0.3, -0.25) is 0 Å². The maximum absolute atomic E-state index is 14.3. The number of nitrogens with zero attached hydrogens (tertiary/aromatic N) is 3. The summed E-state index contributed by atoms with van der Waals surface area (Å²) in [7, 11) is -2.90. The molecule has 2 aromatic heterocycles. The van der Waals surface area contributed by atoms with E-state index in [0.29, 0.717) is 31.0 Å². The Bertz CT molecular complexity index is 1180. The molecule has 1 unspecified atom stereocenters. The van der Waals surface area contributed by atoms with Crippen LogP contribution in [0.4, 0.5) is 16.0 Å². The number of methoxy groups -OCH3 is 1. The Morgan fingerprint density at radius 3 is 2.79 bits per heavy atom. The number of nitrogens with one attached hydrogen (secondary N) is 1. The first-order chi connectivity index (χ1) is 13.8. The first-order valence-electron chi connectivity index (χ1n) is 8.92. The normalized spacial score (nSPS) is 17.6. The van der Waals surface area contributed by atoms with E-state index in [1.165, 1.54) is 25.3 Å². The number of H-pyrrole nitrogens is 1. The van der Waals surface area contributed by atoms with Gasteiger partial charge in [-0.15, -0.1) is 0 Å². The smallest absolute Gasteiger partial charge is 0.318 e. The fourth-order valence-corrected chi connectivity index (χ4v) is 4.95. The second-order valence-corrected chi connectivity index (χ2v) is 8.54. The maximum atomic E-state index is 14.3. The van der Waals surface area contributed by atoms with Gasteiger partial charge in [-0.25, -0.2) is 12.8 Å². The van der Waals surface area contributed by atoms with Crippen LogP contribution in [0.3, 0.4) is 0 Å². The van der Waals surface area contributed by atoms with E-state index in [2.05, 4.69) is 15.0 Å². The fraction of sp³-hybridized carbons (Fsp3) is 0.333. The molecule has 0 radical (unpaired) electrons. The Labute approximate surface area is 166 Å². The first-order valence-corrected chi connectivity index (χ1v) is 10.4. The highest BCUT2D eigenvalue weighted by Crippen LogP contribution is 2.37. The highest BCUT2D eigenvalue weighted by molar-refractivity contribution is 7.92. The second kappa shape index (κ2) is 7.16. The lowest BCUT2D eigenvalue weighted by molar-refractivity contribution is 0.0530. The van der Waals surface area contributed by atoms with Crippen molar-refractivity contribution >= 4 is 32.5 Å². The van der Waals surface area contributed by atoms with Crippen molar-refractivity contribution in [3.63, 3.8) is 0 Å². The zero-order valence-corrected chi connectivity index (χ0v) is 16.7. The van der Waals surface area contributed by atoms with Crippen molar-refractivity contribution in [3.8, 4) is 6.01 Å². The number of sulfone groups is 1. The number of hydrogen-bond acceptors (Lipinski definition) is 8. The van der Waals surface area contributed by atoms with E-state index in [1.807, 2.05) is 11.8 Å². The molecular formula is C18H20FN5O4S. The van der Waals surface area contributed by atoms with Crippen LogP contribution in [-0.4, -0.2) is 56.3 Å². The summed E-state index contributed by atoms with van der Waals surface area (Å²) in [5.74, 6) is -0.568. The van der Waals surface area contributed by atoms with Crippen LogP contribution in [0.1, 0.15) is 6.92 Å². The summed E-state index contributed by atoms with van der Waals surface area (Å²) in [4.78, 5) is 12.6. The van der Waals surface area contributed by atoms with Crippen LogP contribution in [0.5, 0.6) is 6.01 Å². The molecule has 0 saturated carbocycles. The van der Waals surface area contributed by atoms with E-state index in [-0.39, 0.29) is 28.3 Å². The third kappa shape index (κ3) is 3.25. The lowest BCUT2D eigenvalue weighted by Crippen LogP contribution is -2.41. The Kier molecular flexibility index (Phi) is 4.79. The molecule has 0 bridgehead atoms. The predicted octanol–water partition coefficient (Wildman–Crippen LogP) is 1.75. The minimum absolute atomic E-state index is 0.0179. The molecule has 3 heterocycles. The van der Waals surface area contributed by atoms with Gasteiger partial charge < -0.3 is 25.1 Å². The SMILES string of the molecule is COc1nc(N2CCOC(C)C2)c2[nH]c(N)c(S(=O)(=O)c3ccccc3F)c2n1. The number of ether oxygens (including phenoxy) is 2. The highest BCUT2D eigenvalue weighted by Gasteiger charge is 2.32. The van der Waals surface area contributed by atoms with Gasteiger partial charge in [0, 0.05) is 13.1 Å². The number of benzene rings is 1. The highest BCUT2D eigenvalue weighted by atomic mass is 32.2. The van der Waals surface area contributed by atoms with Crippen LogP contribution in [0.2, 0.25) is 0 Å². The Hall–Kier alpha value is -2.92. The monoisotopic (exact) mass is 421 g/mol. The van der Waals surface area contributed by atoms with Gasteiger partial charge in [0.05, 0.1) is 19.8 Å². The van der Waals surface area contributed by atoms with Crippen molar-refractivity contribution in [1.82, 2.24) is 15.0 Å². The van der Waals surface area contributed by atoms with Crippen molar-refractivity contribution in [3.05, 3.63) is 30.1 Å². The zero-order chi connectivity index (χ0) is 20.8. The first kappa shape index (κ1) is 19.4. The van der Waals surface area contributed by atoms with E-state index in [1.54, 1.807) is 0 Å². The van der Waals surface area contributed by atoms with E-state index >= 15 is 0 Å². The summed E-state index contributed by atoms with van der Waals surface area (Å²) in [6.45, 7) is 3.52. The molecule has 154 valence electrons. The Balaban J connectivity index is 1.96. The number of nitrogen functional groups attached to an aromatic ring is 1. The zero-order valence-electron chi connectivity index (χ0n) is 15.8. The number of hydrogen-bond donors (Lipinski definition) is 2. The van der Waals surface area contributed by atoms with Crippen LogP contribution in [0.25, 0.3) is 11.0 Å². The summed E-state index contributed by atoms with van der Waals surface area (Å²) in [5.41, 5.74) is 6.42. The standard InChI is InChI=1S/C18H20FN5O4S/c1-10-9-24(7-8-28-10)17-14-13(22-18(23-17)27-2)15(16(20)21-14)29(25,26)12-6-4-3-5-11(12)19/h3-6,10,21H,7-9,20H2,1-2H3. The van der Waals surface area contributed by atoms with Crippen LogP contribution in [-0.2, 0) is 14.6 Å². The number of fused-ring (bicyclic) bond motifs is 1. The maximum Gasteiger partial charge on any atom is 0.318 e. The molecule has 9 nitrogen and oxygen atoms in total. The number of rotatable bonds is 4. The van der Waals surface area contributed by atoms with Gasteiger partial charge in [-0.1, -0.05) is 12.1 Å². The molecule has 1 aliphatic heterocycles. The number of aromatic amines is 1. The molecule has 3 N–H and O–H groups in total. The molecule has 0 amide bonds. The summed E-state index contributed by atoms with van der Waals surface area (Å²) < 4.78 is 51.4. The molecule has 0 spiro atoms. The predicted molar refractivity (Wildman–Crippen MR) is 104 cm³/mol. The molecule has 4 rings (SSSR count). The Morgan fingerprint density at radius 1 is 1.34 bits per heavy atom. The molecule has 1 saturated heterocycles. The van der Waals surface area contributed by atoms with Gasteiger partial charge in [0.25, 0.3) is 0 Å². The van der Waals surface area contributed by atoms with Crippen molar-refractivity contribution in [2.45, 2.75) is 22.8 Å². The van der Waals surface area contributed by atoms with Crippen LogP contribution < -0.4 is 15.4 Å². The van der Waals surface area contributed by atoms with E-state index in [4.69, 9.17) is 15.2 Å². The average molecular weight is 421 g/mol. The summed E-state index contributed by atoms with van der Waals surface area (Å²) in [6.07, 6.45) is -0.0336. The number of halogens is 1. The number of morpholine rings is 1. The minimum atomic E-state index is -4.29. The fourth-order valence-electron chi connectivity index (χ4n) is 3.40. The summed E-state index contributed by atoms with van der Waals surface area (Å²) in [5, 5.41) is 0. The van der Waals surface area contributed by atoms with E-state index in [9.17, 15) is 12.8 Å². The van der Waals surface area contributed by atoms with Crippen LogP contribution >= 0.6 is 0 Å². The lowest BCUT2D eigenvalue weighted by Gasteiger charge is -2.32. The van der Waals surface area contributed by atoms with Gasteiger partial charge in [-0.2, -0.15) is 9.97 Å². The van der Waals surface area contributed by atoms with Gasteiger partial charge in [-0.05, 0) is 19.1 Å². The minimum Gasteiger partial charge on any atom is -0.467 e. The summed E-state index contributed by atoms with van der Waals surface area (Å²) in [6, 6.07) is 5.10. The van der Waals surface area contributed by atoms with Gasteiger partial charge in [0.15, 0.2) is 5.82 Å². The van der Waals surface area contributed by atoms with Gasteiger partial charge in [0.1, 0.15) is 32.5 Å². The van der Waals surface area contributed by atoms with Crippen molar-refractivity contribution in [2.24, 2.45) is 0 Å². The average Bonchev–Trinajstić information content (AvgIpc) is 3.03. The van der Waals surface area contributed by atoms with Crippen LogP contribution in [0, 0.1) is 5.82 Å². The molecule has 1 aromatic carbocycles. The number of anilines is 2. The molecule has 0 aliphatic carbocycles. The van der Waals surface area contributed by atoms with E-state index < -0.39 is 20.5 Å². The topological polar surface area (TPSA) is 123 Å². The molecule has 29 heavy (non-hydrogen) atoms. The largest absolute Gasteiger partial charge is 0.467 e. The number of aromatic nitrogens is 3. The van der Waals surface area contributed by atoms with Gasteiger partial charge >= 0.3 is 6.01 Å². The van der Waals surface area contributed by atoms with Crippen LogP contribution in [0.15, 0.2) is 34.1 Å². The third-order valence-electron chi connectivity index (χ3n) is 4.71. The molecule has 1 aliphatic rings. The van der Waals surface area contributed by atoms with Crippen molar-refractivity contribution in [1.29, 1.82) is 0 Å². The van der Waals surface area contributed by atoms with E-state index in [0.717, 1.165) is 6.07 Å². The third-order valence-corrected chi connectivity index (χ3v) is 6.57.